The molecule has 3 rings (SSSR count). The molecule has 28 heavy (non-hydrogen) atoms. The molecule has 0 fully saturated rings. The summed E-state index contributed by atoms with van der Waals surface area (Å²) < 4.78 is 1.12. The van der Waals surface area contributed by atoms with E-state index in [1.165, 1.54) is 12.5 Å². The summed E-state index contributed by atoms with van der Waals surface area (Å²) in [4.78, 5) is 17.8. The molecule has 0 saturated carbocycles. The van der Waals surface area contributed by atoms with Crippen LogP contribution in [0.3, 0.4) is 0 Å². The van der Waals surface area contributed by atoms with Crippen LogP contribution in [0, 0.1) is 13.8 Å². The van der Waals surface area contributed by atoms with Crippen LogP contribution in [0.15, 0.2) is 46.6 Å². The number of aryl methyl sites for hydroxylation is 2. The van der Waals surface area contributed by atoms with Crippen LogP contribution in [0.1, 0.15) is 25.0 Å². The van der Waals surface area contributed by atoms with Crippen LogP contribution < -0.4 is 10.2 Å². The lowest BCUT2D eigenvalue weighted by atomic mass is 10.1. The number of rotatable bonds is 7. The summed E-state index contributed by atoms with van der Waals surface area (Å²) in [6.07, 6.45) is 0. The molecule has 6 nitrogen and oxygen atoms in total. The number of likely N-dealkylation sites (N-methyl/N-ethyl adjacent to an activating group) is 1. The Morgan fingerprint density at radius 3 is 2.71 bits per heavy atom. The molecule has 1 heterocycles. The van der Waals surface area contributed by atoms with Gasteiger partial charge in [-0.15, -0.1) is 10.2 Å². The summed E-state index contributed by atoms with van der Waals surface area (Å²) in [7, 11) is 0. The molecule has 0 bridgehead atoms. The highest BCUT2D eigenvalue weighted by Gasteiger charge is 2.08. The van der Waals surface area contributed by atoms with Crippen LogP contribution in [-0.4, -0.2) is 30.5 Å². The molecule has 2 aromatic carbocycles. The molecule has 0 spiro atoms. The average Bonchev–Trinajstić information content (AvgIpc) is 3.06. The third-order valence-electron chi connectivity index (χ3n) is 4.46. The fraction of sp³-hybridized carbons (Fsp3) is 0.333. The molecule has 0 radical (unpaired) electrons. The fourth-order valence-electron chi connectivity index (χ4n) is 2.94. The van der Waals surface area contributed by atoms with Gasteiger partial charge in [-0.05, 0) is 62.2 Å². The second-order valence-corrected chi connectivity index (χ2v) is 7.71. The molecule has 7 heteroatoms. The Bertz CT molecular complexity index is 1010. The first-order valence-electron chi connectivity index (χ1n) is 9.35. The summed E-state index contributed by atoms with van der Waals surface area (Å²) in [5.41, 5.74) is 5.16. The van der Waals surface area contributed by atoms with E-state index in [-0.39, 0.29) is 5.91 Å². The highest BCUT2D eigenvalue weighted by molar-refractivity contribution is 7.21. The number of carbonyl (C=O) groups is 1. The van der Waals surface area contributed by atoms with Crippen LogP contribution in [0.5, 0.6) is 0 Å². The number of benzene rings is 2. The van der Waals surface area contributed by atoms with Crippen LogP contribution in [0.4, 0.5) is 16.5 Å². The van der Waals surface area contributed by atoms with Gasteiger partial charge in [0.2, 0.25) is 11.0 Å². The van der Waals surface area contributed by atoms with E-state index >= 15 is 0 Å². The van der Waals surface area contributed by atoms with Gasteiger partial charge in [0.1, 0.15) is 0 Å². The van der Waals surface area contributed by atoms with Crippen molar-refractivity contribution < 1.29 is 4.79 Å². The number of hydrogen-bond acceptors (Lipinski definition) is 6. The third-order valence-corrected chi connectivity index (χ3v) is 5.36. The maximum absolute atomic E-state index is 11.1. The predicted molar refractivity (Wildman–Crippen MR) is 116 cm³/mol. The van der Waals surface area contributed by atoms with E-state index in [4.69, 9.17) is 0 Å². The Kier molecular flexibility index (Phi) is 6.36. The van der Waals surface area contributed by atoms with E-state index < -0.39 is 0 Å². The number of anilines is 1. The maximum Gasteiger partial charge on any atom is 0.231 e. The van der Waals surface area contributed by atoms with Gasteiger partial charge in [0, 0.05) is 32.2 Å². The van der Waals surface area contributed by atoms with Gasteiger partial charge in [-0.3, -0.25) is 4.79 Å². The Balaban J connectivity index is 1.73. The maximum atomic E-state index is 11.1. The van der Waals surface area contributed by atoms with Gasteiger partial charge in [0.15, 0.2) is 0 Å². The van der Waals surface area contributed by atoms with Crippen LogP contribution in [-0.2, 0) is 4.79 Å². The number of nitrogens with one attached hydrogen (secondary N) is 1. The van der Waals surface area contributed by atoms with E-state index in [1.54, 1.807) is 11.3 Å². The first kappa shape index (κ1) is 19.9. The van der Waals surface area contributed by atoms with Gasteiger partial charge in [-0.25, -0.2) is 4.98 Å². The summed E-state index contributed by atoms with van der Waals surface area (Å²) >= 11 is 1.55. The minimum atomic E-state index is -0.00648. The van der Waals surface area contributed by atoms with Crippen LogP contribution >= 0.6 is 11.3 Å². The van der Waals surface area contributed by atoms with Crippen molar-refractivity contribution in [3.63, 3.8) is 0 Å². The Morgan fingerprint density at radius 1 is 1.18 bits per heavy atom. The number of fused-ring (bicyclic) bond motifs is 1. The van der Waals surface area contributed by atoms with Crippen molar-refractivity contribution in [2.45, 2.75) is 27.7 Å². The Hall–Kier alpha value is -2.80. The van der Waals surface area contributed by atoms with Crippen molar-refractivity contribution in [2.75, 3.05) is 24.5 Å². The normalized spacial score (nSPS) is 11.3. The molecule has 0 aliphatic carbocycles. The number of hydrogen-bond donors (Lipinski definition) is 1. The average molecular weight is 396 g/mol. The van der Waals surface area contributed by atoms with Crippen LogP contribution in [0.2, 0.25) is 0 Å². The summed E-state index contributed by atoms with van der Waals surface area (Å²) in [6, 6.07) is 12.3. The highest BCUT2D eigenvalue weighted by atomic mass is 32.1. The smallest absolute Gasteiger partial charge is 0.231 e. The number of nitrogens with zero attached hydrogens (tertiary/aromatic N) is 4. The van der Waals surface area contributed by atoms with Crippen molar-refractivity contribution in [1.29, 1.82) is 0 Å². The van der Waals surface area contributed by atoms with Gasteiger partial charge in [0.25, 0.3) is 0 Å². The van der Waals surface area contributed by atoms with Crippen molar-refractivity contribution >= 4 is 44.0 Å². The predicted octanol–water partition coefficient (Wildman–Crippen LogP) is 5.29. The topological polar surface area (TPSA) is 70.0 Å². The molecule has 3 aromatic rings. The third kappa shape index (κ3) is 4.92. The van der Waals surface area contributed by atoms with Gasteiger partial charge < -0.3 is 10.2 Å². The number of azo groups is 1. The van der Waals surface area contributed by atoms with E-state index in [9.17, 15) is 4.79 Å². The summed E-state index contributed by atoms with van der Waals surface area (Å²) in [5.74, 6) is -0.00648. The SMILES string of the molecule is CCN(CCNC(C)=O)c1ccc(N=Nc2nc3ccc(C)cc3s2)c(C)c1. The number of carbonyl (C=O) groups excluding carboxylic acids is 1. The molecular weight excluding hydrogens is 370 g/mol. The quantitative estimate of drug-likeness (QED) is 0.553. The minimum Gasteiger partial charge on any atom is -0.370 e. The number of amides is 1. The number of aromatic nitrogens is 1. The van der Waals surface area contributed by atoms with Gasteiger partial charge >= 0.3 is 0 Å². The minimum absolute atomic E-state index is 0.00648. The second-order valence-electron chi connectivity index (χ2n) is 6.70. The zero-order valence-electron chi connectivity index (χ0n) is 16.7. The first-order valence-corrected chi connectivity index (χ1v) is 10.2. The molecule has 0 atom stereocenters. The van der Waals surface area contributed by atoms with Crippen molar-refractivity contribution in [1.82, 2.24) is 10.3 Å². The first-order chi connectivity index (χ1) is 13.5. The van der Waals surface area contributed by atoms with E-state index in [1.807, 2.05) is 25.1 Å². The monoisotopic (exact) mass is 395 g/mol. The van der Waals surface area contributed by atoms with Crippen molar-refractivity contribution in [2.24, 2.45) is 10.2 Å². The van der Waals surface area contributed by atoms with Gasteiger partial charge in [-0.1, -0.05) is 17.4 Å². The molecule has 0 aliphatic heterocycles. The Labute approximate surface area is 169 Å². The number of thiazole rings is 1. The Morgan fingerprint density at radius 2 is 2.00 bits per heavy atom. The molecule has 0 aliphatic rings. The van der Waals surface area contributed by atoms with Crippen molar-refractivity contribution in [3.8, 4) is 0 Å². The van der Waals surface area contributed by atoms with Gasteiger partial charge in [-0.2, -0.15) is 0 Å². The molecule has 0 saturated heterocycles. The van der Waals surface area contributed by atoms with E-state index in [2.05, 4.69) is 57.5 Å². The zero-order chi connectivity index (χ0) is 20.1. The van der Waals surface area contributed by atoms with Crippen molar-refractivity contribution in [3.05, 3.63) is 47.5 Å². The molecule has 1 N–H and O–H groups in total. The fourth-order valence-corrected chi connectivity index (χ4v) is 3.83. The molecule has 1 amide bonds. The summed E-state index contributed by atoms with van der Waals surface area (Å²) in [6.45, 7) is 9.99. The summed E-state index contributed by atoms with van der Waals surface area (Å²) in [5, 5.41) is 12.2. The largest absolute Gasteiger partial charge is 0.370 e. The second kappa shape index (κ2) is 8.93. The van der Waals surface area contributed by atoms with E-state index in [0.717, 1.165) is 40.2 Å². The lowest BCUT2D eigenvalue weighted by Gasteiger charge is -2.23. The van der Waals surface area contributed by atoms with Crippen LogP contribution in [0.25, 0.3) is 10.2 Å². The van der Waals surface area contributed by atoms with Gasteiger partial charge in [0.05, 0.1) is 15.9 Å². The zero-order valence-corrected chi connectivity index (χ0v) is 17.5. The molecule has 1 aromatic heterocycles. The molecule has 0 unspecified atom stereocenters. The van der Waals surface area contributed by atoms with E-state index in [0.29, 0.717) is 11.7 Å². The lowest BCUT2D eigenvalue weighted by Crippen LogP contribution is -2.33. The molecular formula is C21H25N5OS. The highest BCUT2D eigenvalue weighted by Crippen LogP contribution is 2.31. The standard InChI is InChI=1S/C21H25N5OS/c1-5-26(11-10-22-16(4)27)17-7-9-18(15(3)13-17)24-25-21-23-19-8-6-14(2)12-20(19)28-21/h6-9,12-13H,5,10-11H2,1-4H3,(H,22,27). The molecule has 146 valence electrons. The lowest BCUT2D eigenvalue weighted by molar-refractivity contribution is -0.118.